The lowest BCUT2D eigenvalue weighted by atomic mass is 10.1. The van der Waals surface area contributed by atoms with E-state index in [0.717, 1.165) is 0 Å². The van der Waals surface area contributed by atoms with Crippen LogP contribution in [-0.4, -0.2) is 45.2 Å². The molecular weight excluding hydrogens is 338 g/mol. The van der Waals surface area contributed by atoms with E-state index in [1.54, 1.807) is 13.8 Å². The molecule has 0 spiro atoms. The van der Waals surface area contributed by atoms with Crippen molar-refractivity contribution in [3.8, 4) is 5.75 Å². The van der Waals surface area contributed by atoms with Crippen LogP contribution in [0.3, 0.4) is 0 Å². The van der Waals surface area contributed by atoms with Gasteiger partial charge in [-0.2, -0.15) is 4.72 Å². The second-order valence-electron chi connectivity index (χ2n) is 5.33. The van der Waals surface area contributed by atoms with Crippen LogP contribution in [0.15, 0.2) is 29.2 Å². The predicted octanol–water partition coefficient (Wildman–Crippen LogP) is 1.02. The van der Waals surface area contributed by atoms with Crippen molar-refractivity contribution >= 4 is 22.0 Å². The molecule has 2 N–H and O–H groups in total. The summed E-state index contributed by atoms with van der Waals surface area (Å²) in [5.41, 5.74) is 0. The fourth-order valence-electron chi connectivity index (χ4n) is 1.78. The summed E-state index contributed by atoms with van der Waals surface area (Å²) in [5, 5.41) is 9.08. The molecule has 0 saturated heterocycles. The van der Waals surface area contributed by atoms with Gasteiger partial charge in [-0.1, -0.05) is 13.8 Å². The first kappa shape index (κ1) is 19.9. The van der Waals surface area contributed by atoms with Crippen molar-refractivity contribution < 1.29 is 32.6 Å². The fourth-order valence-corrected chi connectivity index (χ4v) is 3.11. The highest BCUT2D eigenvalue weighted by atomic mass is 32.2. The molecule has 1 atom stereocenters. The van der Waals surface area contributed by atoms with Crippen molar-refractivity contribution in [3.05, 3.63) is 24.3 Å². The molecule has 0 heterocycles. The van der Waals surface area contributed by atoms with Crippen LogP contribution >= 0.6 is 0 Å². The number of esters is 1. The number of benzene rings is 1. The number of rotatable bonds is 9. The fraction of sp³-hybridized carbons (Fsp3) is 0.467. The Morgan fingerprint density at radius 1 is 1.21 bits per heavy atom. The van der Waals surface area contributed by atoms with Crippen molar-refractivity contribution in [1.82, 2.24) is 4.72 Å². The van der Waals surface area contributed by atoms with Gasteiger partial charge in [0, 0.05) is 0 Å². The SMILES string of the molecule is COC(=O)CCOc1ccc(S(=O)(=O)N[C@@H](C(=O)O)C(C)C)cc1. The highest BCUT2D eigenvalue weighted by Gasteiger charge is 2.27. The third kappa shape index (κ3) is 5.82. The normalized spacial score (nSPS) is 12.7. The molecule has 0 aliphatic rings. The Labute approximate surface area is 140 Å². The van der Waals surface area contributed by atoms with E-state index in [4.69, 9.17) is 9.84 Å². The Morgan fingerprint density at radius 2 is 1.79 bits per heavy atom. The van der Waals surface area contributed by atoms with Gasteiger partial charge in [-0.05, 0) is 30.2 Å². The lowest BCUT2D eigenvalue weighted by Crippen LogP contribution is -2.44. The van der Waals surface area contributed by atoms with Crippen LogP contribution in [0.25, 0.3) is 0 Å². The quantitative estimate of drug-likeness (QED) is 0.632. The summed E-state index contributed by atoms with van der Waals surface area (Å²) in [6.45, 7) is 3.32. The Balaban J connectivity index is 2.76. The number of ether oxygens (including phenoxy) is 2. The molecule has 0 unspecified atom stereocenters. The van der Waals surface area contributed by atoms with Gasteiger partial charge >= 0.3 is 11.9 Å². The van der Waals surface area contributed by atoms with E-state index in [1.807, 2.05) is 0 Å². The number of nitrogens with one attached hydrogen (secondary N) is 1. The molecule has 0 saturated carbocycles. The molecule has 1 aromatic carbocycles. The molecule has 0 aromatic heterocycles. The molecule has 24 heavy (non-hydrogen) atoms. The summed E-state index contributed by atoms with van der Waals surface area (Å²) in [6.07, 6.45) is 0.0762. The standard InChI is InChI=1S/C15H21NO7S/c1-10(2)14(15(18)19)16-24(20,21)12-6-4-11(5-7-12)23-9-8-13(17)22-3/h4-7,10,14,16H,8-9H2,1-3H3,(H,18,19)/t14-/m1/s1. The van der Waals surface area contributed by atoms with Crippen LogP contribution in [-0.2, 0) is 24.3 Å². The minimum absolute atomic E-state index is 0.0743. The molecule has 1 rings (SSSR count). The van der Waals surface area contributed by atoms with Gasteiger partial charge in [0.05, 0.1) is 25.0 Å². The van der Waals surface area contributed by atoms with E-state index in [2.05, 4.69) is 9.46 Å². The van der Waals surface area contributed by atoms with Crippen molar-refractivity contribution in [2.75, 3.05) is 13.7 Å². The van der Waals surface area contributed by atoms with Crippen molar-refractivity contribution in [3.63, 3.8) is 0 Å². The van der Waals surface area contributed by atoms with Crippen LogP contribution in [0, 0.1) is 5.92 Å². The van der Waals surface area contributed by atoms with Crippen LogP contribution in [0.4, 0.5) is 0 Å². The summed E-state index contributed by atoms with van der Waals surface area (Å²) in [5.74, 6) is -1.67. The van der Waals surface area contributed by atoms with Crippen LogP contribution in [0.1, 0.15) is 20.3 Å². The molecule has 9 heteroatoms. The number of hydrogen-bond acceptors (Lipinski definition) is 6. The average molecular weight is 359 g/mol. The first-order chi connectivity index (χ1) is 11.2. The Morgan fingerprint density at radius 3 is 2.25 bits per heavy atom. The summed E-state index contributed by atoms with van der Waals surface area (Å²) in [6, 6.07) is 4.24. The summed E-state index contributed by atoms with van der Waals surface area (Å²) < 4.78 is 36.4. The third-order valence-corrected chi connectivity index (χ3v) is 4.61. The monoisotopic (exact) mass is 359 g/mol. The zero-order valence-corrected chi connectivity index (χ0v) is 14.5. The Hall–Kier alpha value is -2.13. The molecular formula is C15H21NO7S. The third-order valence-electron chi connectivity index (χ3n) is 3.15. The molecule has 0 radical (unpaired) electrons. The number of hydrogen-bond donors (Lipinski definition) is 2. The highest BCUT2D eigenvalue weighted by molar-refractivity contribution is 7.89. The zero-order valence-electron chi connectivity index (χ0n) is 13.7. The van der Waals surface area contributed by atoms with E-state index in [-0.39, 0.29) is 17.9 Å². The Kier molecular flexibility index (Phi) is 7.18. The first-order valence-electron chi connectivity index (χ1n) is 7.22. The van der Waals surface area contributed by atoms with Crippen molar-refractivity contribution in [1.29, 1.82) is 0 Å². The number of sulfonamides is 1. The van der Waals surface area contributed by atoms with Gasteiger partial charge in [-0.3, -0.25) is 9.59 Å². The molecule has 0 amide bonds. The molecule has 0 aliphatic heterocycles. The minimum atomic E-state index is -3.96. The summed E-state index contributed by atoms with van der Waals surface area (Å²) >= 11 is 0. The van der Waals surface area contributed by atoms with E-state index in [0.29, 0.717) is 5.75 Å². The van der Waals surface area contributed by atoms with Crippen LogP contribution in [0.2, 0.25) is 0 Å². The first-order valence-corrected chi connectivity index (χ1v) is 8.70. The summed E-state index contributed by atoms with van der Waals surface area (Å²) in [4.78, 5) is 22.0. The maximum Gasteiger partial charge on any atom is 0.322 e. The number of carbonyl (C=O) groups excluding carboxylic acids is 1. The van der Waals surface area contributed by atoms with Crippen LogP contribution in [0.5, 0.6) is 5.75 Å². The van der Waals surface area contributed by atoms with Gasteiger partial charge in [-0.15, -0.1) is 0 Å². The van der Waals surface area contributed by atoms with Gasteiger partial charge in [0.25, 0.3) is 0 Å². The number of carboxylic acid groups (broad SMARTS) is 1. The predicted molar refractivity (Wildman–Crippen MR) is 85.2 cm³/mol. The van der Waals surface area contributed by atoms with Gasteiger partial charge in [0.15, 0.2) is 0 Å². The number of carboxylic acids is 1. The minimum Gasteiger partial charge on any atom is -0.493 e. The molecule has 8 nitrogen and oxygen atoms in total. The van der Waals surface area contributed by atoms with Gasteiger partial charge < -0.3 is 14.6 Å². The molecule has 1 aromatic rings. The van der Waals surface area contributed by atoms with Crippen molar-refractivity contribution in [2.45, 2.75) is 31.2 Å². The molecule has 134 valence electrons. The maximum atomic E-state index is 12.2. The molecule has 0 fully saturated rings. The molecule has 0 bridgehead atoms. The smallest absolute Gasteiger partial charge is 0.322 e. The number of aliphatic carboxylic acids is 1. The van der Waals surface area contributed by atoms with E-state index < -0.39 is 33.9 Å². The zero-order chi connectivity index (χ0) is 18.3. The summed E-state index contributed by atoms with van der Waals surface area (Å²) in [7, 11) is -2.69. The second kappa shape index (κ2) is 8.65. The highest BCUT2D eigenvalue weighted by Crippen LogP contribution is 2.17. The van der Waals surface area contributed by atoms with Crippen LogP contribution < -0.4 is 9.46 Å². The second-order valence-corrected chi connectivity index (χ2v) is 7.04. The Bertz CT molecular complexity index is 668. The maximum absolute atomic E-state index is 12.2. The number of carbonyl (C=O) groups is 2. The van der Waals surface area contributed by atoms with Gasteiger partial charge in [-0.25, -0.2) is 8.42 Å². The molecule has 0 aliphatic carbocycles. The van der Waals surface area contributed by atoms with E-state index in [9.17, 15) is 18.0 Å². The van der Waals surface area contributed by atoms with E-state index in [1.165, 1.54) is 31.4 Å². The van der Waals surface area contributed by atoms with Gasteiger partial charge in [0.2, 0.25) is 10.0 Å². The topological polar surface area (TPSA) is 119 Å². The average Bonchev–Trinajstić information content (AvgIpc) is 2.52. The largest absolute Gasteiger partial charge is 0.493 e. The van der Waals surface area contributed by atoms with Crippen molar-refractivity contribution in [2.24, 2.45) is 5.92 Å². The van der Waals surface area contributed by atoms with E-state index >= 15 is 0 Å². The van der Waals surface area contributed by atoms with Gasteiger partial charge in [0.1, 0.15) is 11.8 Å². The lowest BCUT2D eigenvalue weighted by molar-refractivity contribution is -0.141. The lowest BCUT2D eigenvalue weighted by Gasteiger charge is -2.18. The number of methoxy groups -OCH3 is 1.